The molecule has 0 spiro atoms. The van der Waals surface area contributed by atoms with Crippen LogP contribution in [0.15, 0.2) is 41.3 Å². The van der Waals surface area contributed by atoms with Gasteiger partial charge in [-0.25, -0.2) is 4.79 Å². The molecule has 3 rings (SSSR count). The average Bonchev–Trinajstić information content (AvgIpc) is 3.12. The second kappa shape index (κ2) is 12.8. The minimum atomic E-state index is -1.30. The van der Waals surface area contributed by atoms with Crippen molar-refractivity contribution >= 4 is 51.9 Å². The maximum atomic E-state index is 13.1. The minimum Gasteiger partial charge on any atom is -0.507 e. The predicted octanol–water partition coefficient (Wildman–Crippen LogP) is 6.63. The van der Waals surface area contributed by atoms with E-state index in [2.05, 4.69) is 13.8 Å². The molecule has 0 radical (unpaired) electrons. The molecule has 0 aliphatic carbocycles. The van der Waals surface area contributed by atoms with Crippen molar-refractivity contribution in [3.05, 3.63) is 52.4 Å². The van der Waals surface area contributed by atoms with Crippen molar-refractivity contribution in [2.24, 2.45) is 0 Å². The van der Waals surface area contributed by atoms with Crippen molar-refractivity contribution in [1.29, 1.82) is 0 Å². The highest BCUT2D eigenvalue weighted by Gasteiger charge is 2.34. The molecule has 1 atom stereocenters. The zero-order valence-electron chi connectivity index (χ0n) is 20.7. The second-order valence-electron chi connectivity index (χ2n) is 8.57. The molecule has 9 heteroatoms. The Bertz CT molecular complexity index is 1160. The van der Waals surface area contributed by atoms with Crippen molar-refractivity contribution in [3.63, 3.8) is 0 Å². The van der Waals surface area contributed by atoms with Gasteiger partial charge in [0.15, 0.2) is 15.8 Å². The summed E-state index contributed by atoms with van der Waals surface area (Å²) in [5, 5.41) is 19.0. The van der Waals surface area contributed by atoms with Gasteiger partial charge in [-0.2, -0.15) is 0 Å². The Kier molecular flexibility index (Phi) is 9.78. The van der Waals surface area contributed by atoms with Crippen molar-refractivity contribution < 1.29 is 29.3 Å². The lowest BCUT2D eigenvalue weighted by molar-refractivity contribution is -0.113. The van der Waals surface area contributed by atoms with Gasteiger partial charge >= 0.3 is 5.97 Å². The van der Waals surface area contributed by atoms with Gasteiger partial charge in [0.2, 0.25) is 0 Å². The Hall–Kier alpha value is -3.04. The van der Waals surface area contributed by atoms with Gasteiger partial charge in [0.05, 0.1) is 23.8 Å². The summed E-state index contributed by atoms with van der Waals surface area (Å²) in [4.78, 5) is 26.1. The Morgan fingerprint density at radius 1 is 1.14 bits per heavy atom. The number of hydrogen-bond donors (Lipinski definition) is 2. The van der Waals surface area contributed by atoms with Crippen molar-refractivity contribution in [2.45, 2.75) is 58.5 Å². The van der Waals surface area contributed by atoms with Gasteiger partial charge in [-0.15, -0.1) is 0 Å². The van der Waals surface area contributed by atoms with Gasteiger partial charge in [0, 0.05) is 0 Å². The van der Waals surface area contributed by atoms with Crippen LogP contribution in [0.25, 0.3) is 6.08 Å². The molecule has 0 bridgehead atoms. The number of rotatable bonds is 12. The number of thioether (sulfide) groups is 1. The number of nitrogens with zero attached hydrogens (tertiary/aromatic N) is 1. The summed E-state index contributed by atoms with van der Waals surface area (Å²) in [6, 6.07) is 9.40. The average molecular weight is 530 g/mol. The maximum Gasteiger partial charge on any atom is 0.339 e. The molecule has 1 aliphatic heterocycles. The van der Waals surface area contributed by atoms with Crippen LogP contribution in [-0.4, -0.2) is 39.6 Å². The van der Waals surface area contributed by atoms with Gasteiger partial charge in [-0.05, 0) is 61.7 Å². The molecule has 2 N–H and O–H groups in total. The summed E-state index contributed by atoms with van der Waals surface area (Å²) in [5.41, 5.74) is 0.714. The van der Waals surface area contributed by atoms with Gasteiger partial charge in [0.25, 0.3) is 5.91 Å². The molecular weight excluding hydrogens is 498 g/mol. The van der Waals surface area contributed by atoms with Crippen molar-refractivity contribution in [2.75, 3.05) is 12.0 Å². The van der Waals surface area contributed by atoms with Gasteiger partial charge in [-0.3, -0.25) is 9.69 Å². The van der Waals surface area contributed by atoms with E-state index in [1.807, 2.05) is 12.1 Å². The van der Waals surface area contributed by atoms with Crippen LogP contribution in [-0.2, 0) is 4.79 Å². The molecule has 0 unspecified atom stereocenters. The standard InChI is InChI=1S/C27H31NO6S2/c1-4-5-6-7-8-9-17(2)34-22-13-10-18(14-23(22)33-3)15-24-25(30)28(27(35)36-24)19-11-12-21(29)20(16-19)26(31)32/h10-17,29H,4-9H2,1-3H3,(H,31,32)/b24-15+/t17-/m1/s1. The van der Waals surface area contributed by atoms with Crippen LogP contribution in [0.4, 0.5) is 5.69 Å². The third kappa shape index (κ3) is 6.79. The van der Waals surface area contributed by atoms with E-state index < -0.39 is 5.97 Å². The number of methoxy groups -OCH3 is 1. The summed E-state index contributed by atoms with van der Waals surface area (Å²) >= 11 is 6.50. The largest absolute Gasteiger partial charge is 0.507 e. The van der Waals surface area contributed by atoms with Crippen LogP contribution in [0.2, 0.25) is 0 Å². The highest BCUT2D eigenvalue weighted by atomic mass is 32.2. The first kappa shape index (κ1) is 27.5. The number of phenols is 1. The molecule has 2 aromatic rings. The van der Waals surface area contributed by atoms with E-state index in [0.717, 1.165) is 30.2 Å². The molecule has 1 fully saturated rings. The van der Waals surface area contributed by atoms with Crippen LogP contribution in [0, 0.1) is 0 Å². The summed E-state index contributed by atoms with van der Waals surface area (Å²) in [6.07, 6.45) is 8.81. The highest BCUT2D eigenvalue weighted by molar-refractivity contribution is 8.27. The summed E-state index contributed by atoms with van der Waals surface area (Å²) in [6.45, 7) is 4.26. The number of anilines is 1. The zero-order valence-corrected chi connectivity index (χ0v) is 22.3. The number of unbranched alkanes of at least 4 members (excludes halogenated alkanes) is 4. The normalized spacial score (nSPS) is 15.4. The molecule has 2 aromatic carbocycles. The van der Waals surface area contributed by atoms with E-state index >= 15 is 0 Å². The lowest BCUT2D eigenvalue weighted by Gasteiger charge is -2.17. The number of carbonyl (C=O) groups excluding carboxylic acids is 1. The van der Waals surface area contributed by atoms with E-state index in [0.29, 0.717) is 16.4 Å². The van der Waals surface area contributed by atoms with E-state index in [1.165, 1.54) is 48.8 Å². The first-order chi connectivity index (χ1) is 17.2. The minimum absolute atomic E-state index is 0.0589. The fraction of sp³-hybridized carbons (Fsp3) is 0.370. The lowest BCUT2D eigenvalue weighted by atomic mass is 10.1. The Morgan fingerprint density at radius 2 is 1.89 bits per heavy atom. The fourth-order valence-electron chi connectivity index (χ4n) is 3.86. The third-order valence-electron chi connectivity index (χ3n) is 5.79. The molecule has 36 heavy (non-hydrogen) atoms. The fourth-order valence-corrected chi connectivity index (χ4v) is 5.16. The second-order valence-corrected chi connectivity index (χ2v) is 10.2. The van der Waals surface area contributed by atoms with Gasteiger partial charge < -0.3 is 19.7 Å². The van der Waals surface area contributed by atoms with Gasteiger partial charge in [-0.1, -0.05) is 62.7 Å². The molecular formula is C27H31NO6S2. The number of ether oxygens (including phenoxy) is 2. The van der Waals surface area contributed by atoms with E-state index in [1.54, 1.807) is 19.3 Å². The number of aromatic hydroxyl groups is 1. The molecule has 1 amide bonds. The van der Waals surface area contributed by atoms with Crippen LogP contribution in [0.1, 0.15) is 68.3 Å². The molecule has 1 saturated heterocycles. The van der Waals surface area contributed by atoms with E-state index in [-0.39, 0.29) is 33.3 Å². The maximum absolute atomic E-state index is 13.1. The third-order valence-corrected chi connectivity index (χ3v) is 7.09. The molecule has 0 aromatic heterocycles. The molecule has 1 aliphatic rings. The van der Waals surface area contributed by atoms with Crippen molar-refractivity contribution in [3.8, 4) is 17.2 Å². The first-order valence-corrected chi connectivity index (χ1v) is 13.2. The van der Waals surface area contributed by atoms with Gasteiger partial charge in [0.1, 0.15) is 11.3 Å². The number of aromatic carboxylic acids is 1. The van der Waals surface area contributed by atoms with Crippen molar-refractivity contribution in [1.82, 2.24) is 0 Å². The van der Waals surface area contributed by atoms with E-state index in [4.69, 9.17) is 21.7 Å². The quantitative estimate of drug-likeness (QED) is 0.180. The number of carboxylic acids is 1. The predicted molar refractivity (Wildman–Crippen MR) is 147 cm³/mol. The Balaban J connectivity index is 1.73. The highest BCUT2D eigenvalue weighted by Crippen LogP contribution is 2.38. The Morgan fingerprint density at radius 3 is 2.58 bits per heavy atom. The SMILES string of the molecule is CCCCCCC[C@@H](C)Oc1ccc(/C=C2/SC(=S)N(c3ccc(O)c(C(=O)O)c3)C2=O)cc1OC. The van der Waals surface area contributed by atoms with Crippen LogP contribution < -0.4 is 14.4 Å². The monoisotopic (exact) mass is 529 g/mol. The molecule has 7 nitrogen and oxygen atoms in total. The molecule has 192 valence electrons. The Labute approximate surface area is 221 Å². The summed E-state index contributed by atoms with van der Waals surface area (Å²) in [5.74, 6) is -0.832. The molecule has 1 heterocycles. The van der Waals surface area contributed by atoms with Crippen LogP contribution >= 0.6 is 24.0 Å². The molecule has 0 saturated carbocycles. The number of thiocarbonyl (C=S) groups is 1. The summed E-state index contributed by atoms with van der Waals surface area (Å²) in [7, 11) is 1.58. The topological polar surface area (TPSA) is 96.3 Å². The lowest BCUT2D eigenvalue weighted by Crippen LogP contribution is -2.27. The van der Waals surface area contributed by atoms with E-state index in [9.17, 15) is 19.8 Å². The zero-order chi connectivity index (χ0) is 26.2. The van der Waals surface area contributed by atoms with Crippen LogP contribution in [0.5, 0.6) is 17.2 Å². The number of carboxylic acid groups (broad SMARTS) is 1. The smallest absolute Gasteiger partial charge is 0.339 e. The van der Waals surface area contributed by atoms with Crippen LogP contribution in [0.3, 0.4) is 0 Å². The number of hydrogen-bond acceptors (Lipinski definition) is 7. The summed E-state index contributed by atoms with van der Waals surface area (Å²) < 4.78 is 11.9. The first-order valence-electron chi connectivity index (χ1n) is 11.9. The number of amides is 1. The number of benzene rings is 2. The number of carbonyl (C=O) groups is 2.